The van der Waals surface area contributed by atoms with Crippen molar-refractivity contribution in [1.82, 2.24) is 0 Å². The van der Waals surface area contributed by atoms with Gasteiger partial charge in [0.2, 0.25) is 6.10 Å². The lowest BCUT2D eigenvalue weighted by molar-refractivity contribution is -0.279. The number of benzene rings is 2. The first kappa shape index (κ1) is 51.5. The number of alkyl halides is 6. The van der Waals surface area contributed by atoms with E-state index in [2.05, 4.69) is 4.74 Å². The quantitative estimate of drug-likeness (QED) is 0.0329. The lowest BCUT2D eigenvalue weighted by Gasteiger charge is -2.33. The van der Waals surface area contributed by atoms with Gasteiger partial charge in [0, 0.05) is 32.0 Å². The molecule has 0 aliphatic carbocycles. The lowest BCUT2D eigenvalue weighted by Crippen LogP contribution is -2.53. The monoisotopic (exact) mass is 848 g/mol. The molecule has 2 unspecified atom stereocenters. The van der Waals surface area contributed by atoms with Crippen LogP contribution in [0.1, 0.15) is 127 Å². The van der Waals surface area contributed by atoms with Gasteiger partial charge in [-0.15, -0.1) is 0 Å². The van der Waals surface area contributed by atoms with E-state index in [0.717, 1.165) is 117 Å². The molecule has 0 spiro atoms. The zero-order valence-electron chi connectivity index (χ0n) is 34.8. The predicted molar refractivity (Wildman–Crippen MR) is 209 cm³/mol. The summed E-state index contributed by atoms with van der Waals surface area (Å²) >= 11 is 0. The molecule has 9 nitrogen and oxygen atoms in total. The Morgan fingerprint density at radius 2 is 0.932 bits per heavy atom. The molecule has 0 radical (unpaired) electrons. The third kappa shape index (κ3) is 15.4. The molecular weight excluding hydrogens is 786 g/mol. The van der Waals surface area contributed by atoms with Crippen LogP contribution in [0.3, 0.4) is 0 Å². The Morgan fingerprint density at radius 3 is 1.31 bits per heavy atom. The molecule has 0 N–H and O–H groups in total. The van der Waals surface area contributed by atoms with E-state index in [1.54, 1.807) is 6.07 Å². The van der Waals surface area contributed by atoms with Gasteiger partial charge in [-0.1, -0.05) is 151 Å². The van der Waals surface area contributed by atoms with Crippen LogP contribution in [0, 0.1) is 0 Å². The second kappa shape index (κ2) is 26.5. The average Bonchev–Trinajstić information content (AvgIpc) is 3.20. The standard InChI is InChI=1S/C44H62F6O9/c1-5-26-36(58-39(52)41(55-3,43(45,46)47)34-27-20-18-21-28-34)31-24-16-14-12-10-8-6-7-9-11-13-15-17-25-32-57-33-37(38(51)54-2)59-40(53)42(56-4,44(48,49)50)35-29-22-19-23-30-35/h18-23,27-30,36-37H,5-17,24-26,31-33H2,1-4H3/t36-,37-,41?,42?/m1/s1. The SMILES string of the molecule is CCC[C@H](CCCCCCCCCCCCCCCCOC[C@@H](OC(=O)C(OC)(c1ccccc1)C(F)(F)F)C(=O)OC)OC(=O)C(OC)(c1ccccc1)C(F)(F)F. The summed E-state index contributed by atoms with van der Waals surface area (Å²) in [4.78, 5) is 38.2. The number of hydrogen-bond donors (Lipinski definition) is 0. The van der Waals surface area contributed by atoms with Gasteiger partial charge >= 0.3 is 30.3 Å². The van der Waals surface area contributed by atoms with Crippen LogP contribution in [-0.4, -0.2) is 77.0 Å². The summed E-state index contributed by atoms with van der Waals surface area (Å²) in [6.07, 6.45) is 3.04. The van der Waals surface area contributed by atoms with Crippen molar-refractivity contribution in [3.8, 4) is 0 Å². The predicted octanol–water partition coefficient (Wildman–Crippen LogP) is 10.9. The molecule has 15 heteroatoms. The van der Waals surface area contributed by atoms with E-state index >= 15 is 0 Å². The van der Waals surface area contributed by atoms with E-state index in [1.165, 1.54) is 42.5 Å². The maximum Gasteiger partial charge on any atom is 0.432 e. The number of carbonyl (C=O) groups is 3. The van der Waals surface area contributed by atoms with Crippen LogP contribution >= 0.6 is 0 Å². The smallest absolute Gasteiger partial charge is 0.432 e. The van der Waals surface area contributed by atoms with Gasteiger partial charge in [0.05, 0.1) is 13.7 Å². The number of halogens is 6. The van der Waals surface area contributed by atoms with Crippen LogP contribution in [0.5, 0.6) is 0 Å². The normalized spacial score (nSPS) is 15.1. The van der Waals surface area contributed by atoms with Gasteiger partial charge in [-0.05, 0) is 25.7 Å². The zero-order valence-corrected chi connectivity index (χ0v) is 34.8. The van der Waals surface area contributed by atoms with Gasteiger partial charge in [-0.2, -0.15) is 26.3 Å². The number of ether oxygens (including phenoxy) is 6. The van der Waals surface area contributed by atoms with E-state index in [4.69, 9.17) is 23.7 Å². The number of carbonyl (C=O) groups excluding carboxylic acids is 3. The molecule has 0 heterocycles. The van der Waals surface area contributed by atoms with E-state index < -0.39 is 65.8 Å². The highest BCUT2D eigenvalue weighted by atomic mass is 19.4. The summed E-state index contributed by atoms with van der Waals surface area (Å²) in [5.41, 5.74) is -7.44. The Balaban J connectivity index is 1.58. The van der Waals surface area contributed by atoms with E-state index in [9.17, 15) is 40.7 Å². The van der Waals surface area contributed by atoms with Crippen LogP contribution < -0.4 is 0 Å². The Bertz CT molecular complexity index is 1470. The highest BCUT2D eigenvalue weighted by Gasteiger charge is 2.65. The second-order valence-corrected chi connectivity index (χ2v) is 14.5. The first-order valence-corrected chi connectivity index (χ1v) is 20.6. The fourth-order valence-corrected chi connectivity index (χ4v) is 6.97. The molecule has 0 saturated heterocycles. The largest absolute Gasteiger partial charge is 0.466 e. The Hall–Kier alpha value is -3.69. The van der Waals surface area contributed by atoms with Crippen molar-refractivity contribution >= 4 is 17.9 Å². The minimum Gasteiger partial charge on any atom is -0.466 e. The molecule has 2 aromatic carbocycles. The van der Waals surface area contributed by atoms with Gasteiger partial charge in [-0.3, -0.25) is 0 Å². The summed E-state index contributed by atoms with van der Waals surface area (Å²) in [7, 11) is 2.64. The van der Waals surface area contributed by atoms with Gasteiger partial charge in [0.15, 0.2) is 0 Å². The summed E-state index contributed by atoms with van der Waals surface area (Å²) in [6, 6.07) is 13.1. The minimum absolute atomic E-state index is 0.219. The van der Waals surface area contributed by atoms with E-state index in [1.807, 2.05) is 6.92 Å². The number of unbranched alkanes of at least 4 members (excludes halogenated alkanes) is 13. The lowest BCUT2D eigenvalue weighted by atomic mass is 9.92. The maximum atomic E-state index is 14.2. The highest BCUT2D eigenvalue weighted by Crippen LogP contribution is 2.44. The summed E-state index contributed by atoms with van der Waals surface area (Å²) in [5.74, 6) is -4.30. The summed E-state index contributed by atoms with van der Waals surface area (Å²) in [6.45, 7) is 1.65. The summed E-state index contributed by atoms with van der Waals surface area (Å²) < 4.78 is 116. The van der Waals surface area contributed by atoms with Crippen molar-refractivity contribution in [3.05, 3.63) is 71.8 Å². The topological polar surface area (TPSA) is 107 Å². The Labute approximate surface area is 344 Å². The summed E-state index contributed by atoms with van der Waals surface area (Å²) in [5, 5.41) is 0. The molecule has 0 aromatic heterocycles. The van der Waals surface area contributed by atoms with Crippen molar-refractivity contribution in [1.29, 1.82) is 0 Å². The third-order valence-electron chi connectivity index (χ3n) is 10.3. The number of methoxy groups -OCH3 is 3. The number of rotatable bonds is 30. The molecule has 0 fully saturated rings. The molecular formula is C44H62F6O9. The zero-order chi connectivity index (χ0) is 43.8. The molecule has 0 amide bonds. The Kier molecular flexibility index (Phi) is 23.1. The van der Waals surface area contributed by atoms with Crippen LogP contribution in [-0.2, 0) is 54.0 Å². The molecule has 2 aromatic rings. The fraction of sp³-hybridized carbons (Fsp3) is 0.659. The molecule has 2 rings (SSSR count). The molecule has 0 aliphatic heterocycles. The molecule has 0 saturated carbocycles. The third-order valence-corrected chi connectivity index (χ3v) is 10.3. The van der Waals surface area contributed by atoms with Gasteiger partial charge in [-0.25, -0.2) is 14.4 Å². The van der Waals surface area contributed by atoms with Crippen molar-refractivity contribution in [2.75, 3.05) is 34.5 Å². The van der Waals surface area contributed by atoms with E-state index in [0.29, 0.717) is 25.7 Å². The number of hydrogen-bond acceptors (Lipinski definition) is 9. The minimum atomic E-state index is -5.19. The second-order valence-electron chi connectivity index (χ2n) is 14.5. The highest BCUT2D eigenvalue weighted by molar-refractivity contribution is 5.86. The van der Waals surface area contributed by atoms with Gasteiger partial charge in [0.25, 0.3) is 11.2 Å². The van der Waals surface area contributed by atoms with Gasteiger partial charge in [0.1, 0.15) is 6.10 Å². The van der Waals surface area contributed by atoms with Gasteiger partial charge < -0.3 is 28.4 Å². The van der Waals surface area contributed by atoms with Crippen LogP contribution in [0.4, 0.5) is 26.3 Å². The Morgan fingerprint density at radius 1 is 0.542 bits per heavy atom. The molecule has 59 heavy (non-hydrogen) atoms. The fourth-order valence-electron chi connectivity index (χ4n) is 6.97. The molecule has 0 aliphatic rings. The van der Waals surface area contributed by atoms with Crippen LogP contribution in [0.2, 0.25) is 0 Å². The van der Waals surface area contributed by atoms with Crippen LogP contribution in [0.15, 0.2) is 60.7 Å². The number of esters is 3. The van der Waals surface area contributed by atoms with Crippen LogP contribution in [0.25, 0.3) is 0 Å². The van der Waals surface area contributed by atoms with Crippen molar-refractivity contribution < 1.29 is 69.1 Å². The van der Waals surface area contributed by atoms with Crippen molar-refractivity contribution in [2.24, 2.45) is 0 Å². The first-order valence-electron chi connectivity index (χ1n) is 20.6. The molecule has 0 bridgehead atoms. The maximum absolute atomic E-state index is 14.2. The first-order chi connectivity index (χ1) is 28.2. The molecule has 4 atom stereocenters. The van der Waals surface area contributed by atoms with Crippen molar-refractivity contribution in [3.63, 3.8) is 0 Å². The average molecular weight is 849 g/mol. The van der Waals surface area contributed by atoms with E-state index in [-0.39, 0.29) is 12.2 Å². The molecule has 334 valence electrons. The van der Waals surface area contributed by atoms with Crippen molar-refractivity contribution in [2.45, 2.75) is 152 Å².